The number of hydrogen-bond donors (Lipinski definition) is 2. The summed E-state index contributed by atoms with van der Waals surface area (Å²) in [5.74, 6) is -2.11. The van der Waals surface area contributed by atoms with Crippen LogP contribution in [0.15, 0.2) is 47.3 Å². The summed E-state index contributed by atoms with van der Waals surface area (Å²) in [6, 6.07) is 10.8. The molecule has 2 amide bonds. The predicted octanol–water partition coefficient (Wildman–Crippen LogP) is 1.21. The van der Waals surface area contributed by atoms with Gasteiger partial charge in [-0.3, -0.25) is 25.2 Å². The van der Waals surface area contributed by atoms with Crippen LogP contribution in [0.5, 0.6) is 5.75 Å². The lowest BCUT2D eigenvalue weighted by Gasteiger charge is -2.11. The lowest BCUT2D eigenvalue weighted by atomic mass is 10.1. The van der Waals surface area contributed by atoms with E-state index in [1.165, 1.54) is 26.3 Å². The third kappa shape index (κ3) is 4.81. The largest absolute Gasteiger partial charge is 0.496 e. The van der Waals surface area contributed by atoms with Crippen LogP contribution in [0, 0.1) is 0 Å². The number of carbonyl (C=O) groups is 3. The molecule has 3 rings (SSSR count). The summed E-state index contributed by atoms with van der Waals surface area (Å²) >= 11 is 5.88. The van der Waals surface area contributed by atoms with Crippen LogP contribution in [0.2, 0.25) is 5.02 Å². The molecule has 1 heterocycles. The Morgan fingerprint density at radius 3 is 2.52 bits per heavy atom. The molecule has 160 valence electrons. The molecule has 0 saturated carbocycles. The highest BCUT2D eigenvalue weighted by atomic mass is 35.5. The molecule has 11 heteroatoms. The third-order valence-electron chi connectivity index (χ3n) is 4.21. The molecule has 1 aromatic heterocycles. The highest BCUT2D eigenvalue weighted by molar-refractivity contribution is 6.31. The van der Waals surface area contributed by atoms with Crippen molar-refractivity contribution in [3.63, 3.8) is 0 Å². The number of benzene rings is 2. The molecular weight excluding hydrogens is 428 g/mol. The smallest absolute Gasteiger partial charge is 0.359 e. The number of nitrogens with one attached hydrogen (secondary N) is 2. The van der Waals surface area contributed by atoms with E-state index < -0.39 is 24.4 Å². The van der Waals surface area contributed by atoms with Gasteiger partial charge in [-0.05, 0) is 24.3 Å². The number of halogens is 1. The molecule has 0 atom stereocenters. The van der Waals surface area contributed by atoms with E-state index in [1.807, 2.05) is 0 Å². The third-order valence-corrected chi connectivity index (χ3v) is 4.44. The second-order valence-electron chi connectivity index (χ2n) is 6.25. The number of ether oxygens (including phenoxy) is 2. The van der Waals surface area contributed by atoms with E-state index in [0.717, 1.165) is 4.68 Å². The van der Waals surface area contributed by atoms with Gasteiger partial charge in [-0.2, -0.15) is 5.10 Å². The Morgan fingerprint density at radius 2 is 1.81 bits per heavy atom. The molecule has 0 saturated heterocycles. The Balaban J connectivity index is 1.63. The van der Waals surface area contributed by atoms with Gasteiger partial charge in [0.05, 0.1) is 18.1 Å². The van der Waals surface area contributed by atoms with Gasteiger partial charge in [0.1, 0.15) is 5.75 Å². The molecule has 0 aliphatic heterocycles. The summed E-state index contributed by atoms with van der Waals surface area (Å²) in [6.45, 7) is -0.690. The van der Waals surface area contributed by atoms with Gasteiger partial charge in [0.2, 0.25) is 0 Å². The van der Waals surface area contributed by atoms with Gasteiger partial charge in [-0.15, -0.1) is 0 Å². The van der Waals surface area contributed by atoms with E-state index in [1.54, 1.807) is 30.3 Å². The van der Waals surface area contributed by atoms with Crippen molar-refractivity contribution in [2.45, 2.75) is 0 Å². The Labute approximate surface area is 180 Å². The molecule has 0 unspecified atom stereocenters. The van der Waals surface area contributed by atoms with Crippen LogP contribution in [0.4, 0.5) is 0 Å². The zero-order valence-corrected chi connectivity index (χ0v) is 17.2. The first-order chi connectivity index (χ1) is 14.8. The van der Waals surface area contributed by atoms with E-state index in [4.69, 9.17) is 21.1 Å². The quantitative estimate of drug-likeness (QED) is 0.447. The number of carbonyl (C=O) groups excluding carboxylic acids is 3. The molecule has 2 aromatic carbocycles. The van der Waals surface area contributed by atoms with Crippen LogP contribution in [-0.4, -0.2) is 41.3 Å². The van der Waals surface area contributed by atoms with Crippen LogP contribution in [0.3, 0.4) is 0 Å². The molecule has 0 aliphatic rings. The van der Waals surface area contributed by atoms with Gasteiger partial charge in [-0.1, -0.05) is 29.8 Å². The Hall–Kier alpha value is -3.92. The van der Waals surface area contributed by atoms with Crippen LogP contribution in [-0.2, 0) is 16.6 Å². The summed E-state index contributed by atoms with van der Waals surface area (Å²) in [7, 11) is 2.78. The van der Waals surface area contributed by atoms with E-state index in [0.29, 0.717) is 15.8 Å². The molecule has 31 heavy (non-hydrogen) atoms. The van der Waals surface area contributed by atoms with Crippen LogP contribution in [0.1, 0.15) is 20.8 Å². The summed E-state index contributed by atoms with van der Waals surface area (Å²) in [5.41, 5.74) is 3.93. The second-order valence-corrected chi connectivity index (χ2v) is 6.68. The summed E-state index contributed by atoms with van der Waals surface area (Å²) in [5, 5.41) is 4.82. The average molecular weight is 445 g/mol. The molecule has 0 aliphatic carbocycles. The normalized spacial score (nSPS) is 10.4. The van der Waals surface area contributed by atoms with Crippen molar-refractivity contribution in [1.82, 2.24) is 20.6 Å². The topological polar surface area (TPSA) is 129 Å². The number of aromatic nitrogens is 2. The summed E-state index contributed by atoms with van der Waals surface area (Å²) in [6.07, 6.45) is 0. The first-order valence-corrected chi connectivity index (χ1v) is 9.25. The zero-order chi connectivity index (χ0) is 22.5. The highest BCUT2D eigenvalue weighted by Crippen LogP contribution is 2.22. The van der Waals surface area contributed by atoms with Crippen molar-refractivity contribution in [3.8, 4) is 5.75 Å². The number of fused-ring (bicyclic) bond motifs is 1. The number of esters is 1. The van der Waals surface area contributed by atoms with Gasteiger partial charge >= 0.3 is 5.97 Å². The van der Waals surface area contributed by atoms with E-state index in [2.05, 4.69) is 16.0 Å². The minimum atomic E-state index is -0.898. The maximum Gasteiger partial charge on any atom is 0.359 e. The van der Waals surface area contributed by atoms with Crippen molar-refractivity contribution in [2.75, 3.05) is 13.7 Å². The van der Waals surface area contributed by atoms with Crippen molar-refractivity contribution in [1.29, 1.82) is 0 Å². The van der Waals surface area contributed by atoms with Gasteiger partial charge in [0, 0.05) is 17.5 Å². The molecule has 3 aromatic rings. The van der Waals surface area contributed by atoms with Gasteiger partial charge in [0.25, 0.3) is 17.4 Å². The highest BCUT2D eigenvalue weighted by Gasteiger charge is 2.19. The van der Waals surface area contributed by atoms with Gasteiger partial charge in [-0.25, -0.2) is 9.48 Å². The van der Waals surface area contributed by atoms with Crippen molar-refractivity contribution >= 4 is 40.2 Å². The maximum absolute atomic E-state index is 12.4. The number of amides is 2. The molecule has 0 spiro atoms. The Morgan fingerprint density at radius 1 is 1.10 bits per heavy atom. The molecule has 0 fully saturated rings. The zero-order valence-electron chi connectivity index (χ0n) is 16.5. The summed E-state index contributed by atoms with van der Waals surface area (Å²) in [4.78, 5) is 48.8. The fraction of sp³-hybridized carbons (Fsp3) is 0.150. The predicted molar refractivity (Wildman–Crippen MR) is 111 cm³/mol. The van der Waals surface area contributed by atoms with E-state index >= 15 is 0 Å². The minimum absolute atomic E-state index is 0.105. The number of aryl methyl sites for hydroxylation is 1. The van der Waals surface area contributed by atoms with Crippen molar-refractivity contribution in [3.05, 3.63) is 69.1 Å². The fourth-order valence-electron chi connectivity index (χ4n) is 2.74. The molecular formula is C20H17ClN4O6. The van der Waals surface area contributed by atoms with Crippen LogP contribution >= 0.6 is 11.6 Å². The number of hydrogen-bond acceptors (Lipinski definition) is 7. The van der Waals surface area contributed by atoms with Gasteiger partial charge in [0.15, 0.2) is 12.3 Å². The van der Waals surface area contributed by atoms with Crippen molar-refractivity contribution < 1.29 is 23.9 Å². The lowest BCUT2D eigenvalue weighted by molar-refractivity contribution is -0.125. The first kappa shape index (κ1) is 21.8. The Bertz CT molecular complexity index is 1240. The number of rotatable bonds is 5. The van der Waals surface area contributed by atoms with Crippen LogP contribution < -0.4 is 21.1 Å². The minimum Gasteiger partial charge on any atom is -0.496 e. The molecule has 0 radical (unpaired) electrons. The van der Waals surface area contributed by atoms with Gasteiger partial charge < -0.3 is 9.47 Å². The average Bonchev–Trinajstić information content (AvgIpc) is 2.78. The first-order valence-electron chi connectivity index (χ1n) is 8.87. The second kappa shape index (κ2) is 9.26. The van der Waals surface area contributed by atoms with Crippen LogP contribution in [0.25, 0.3) is 10.8 Å². The Kier molecular flexibility index (Phi) is 6.51. The summed E-state index contributed by atoms with van der Waals surface area (Å²) < 4.78 is 11.1. The molecule has 2 N–H and O–H groups in total. The molecule has 0 bridgehead atoms. The number of methoxy groups -OCH3 is 1. The number of nitrogens with zero attached hydrogens (tertiary/aromatic N) is 2. The van der Waals surface area contributed by atoms with E-state index in [-0.39, 0.29) is 22.6 Å². The fourth-order valence-corrected chi connectivity index (χ4v) is 2.91. The monoisotopic (exact) mass is 444 g/mol. The standard InChI is InChI=1S/C20H17ClN4O6/c1-25-19(28)13-6-4-3-5-12(13)17(24-25)20(29)31-10-16(26)22-23-18(27)14-9-11(21)7-8-15(14)30-2/h3-9H,10H2,1-2H3,(H,22,26)(H,23,27). The van der Waals surface area contributed by atoms with Crippen molar-refractivity contribution in [2.24, 2.45) is 7.05 Å². The number of hydrazine groups is 1. The lowest BCUT2D eigenvalue weighted by Crippen LogP contribution is -2.43. The molecule has 10 nitrogen and oxygen atoms in total. The van der Waals surface area contributed by atoms with E-state index in [9.17, 15) is 19.2 Å². The maximum atomic E-state index is 12.4. The SMILES string of the molecule is COc1ccc(Cl)cc1C(=O)NNC(=O)COC(=O)c1nn(C)c(=O)c2ccccc12.